The van der Waals surface area contributed by atoms with E-state index in [0.717, 1.165) is 8.35 Å². The van der Waals surface area contributed by atoms with Gasteiger partial charge in [-0.05, 0) is 26.0 Å². The van der Waals surface area contributed by atoms with Crippen molar-refractivity contribution in [3.8, 4) is 0 Å². The number of aryl methyl sites for hydroxylation is 2. The summed E-state index contributed by atoms with van der Waals surface area (Å²) >= 11 is 3.75. The number of thiophene rings is 2. The van der Waals surface area contributed by atoms with Crippen molar-refractivity contribution >= 4 is 51.1 Å². The van der Waals surface area contributed by atoms with Crippen molar-refractivity contribution in [1.82, 2.24) is 4.75 Å². The molecule has 14 heavy (non-hydrogen) atoms. The van der Waals surface area contributed by atoms with Gasteiger partial charge in [-0.2, -0.15) is 0 Å². The third-order valence-electron chi connectivity index (χ3n) is 2.14. The minimum absolute atomic E-state index is 1.11. The molecule has 0 N–H and O–H groups in total. The SMILES string of the molecule is Cc1cc2npc3cc(C)sc3c2s1. The van der Waals surface area contributed by atoms with Crippen molar-refractivity contribution in [2.75, 3.05) is 0 Å². The summed E-state index contributed by atoms with van der Waals surface area (Å²) < 4.78 is 7.36. The molecule has 0 bridgehead atoms. The lowest BCUT2D eigenvalue weighted by Crippen LogP contribution is -1.63. The summed E-state index contributed by atoms with van der Waals surface area (Å²) in [5.41, 5.74) is 1.18. The normalized spacial score (nSPS) is 12.1. The lowest BCUT2D eigenvalue weighted by atomic mass is 10.4. The highest BCUT2D eigenvalue weighted by Gasteiger charge is 2.07. The third kappa shape index (κ3) is 1.20. The Morgan fingerprint density at radius 3 is 2.64 bits per heavy atom. The maximum absolute atomic E-state index is 4.56. The summed E-state index contributed by atoms with van der Waals surface area (Å²) in [4.78, 5) is 2.74. The van der Waals surface area contributed by atoms with Crippen LogP contribution >= 0.6 is 31.0 Å². The number of rotatable bonds is 0. The first-order chi connectivity index (χ1) is 6.74. The molecule has 0 saturated heterocycles. The first-order valence-electron chi connectivity index (χ1n) is 4.37. The summed E-state index contributed by atoms with van der Waals surface area (Å²) in [6.07, 6.45) is 0. The smallest absolute Gasteiger partial charge is 0.0877 e. The molecule has 0 saturated carbocycles. The Morgan fingerprint density at radius 1 is 1.07 bits per heavy atom. The zero-order valence-corrected chi connectivity index (χ0v) is 10.4. The van der Waals surface area contributed by atoms with Gasteiger partial charge in [0.15, 0.2) is 0 Å². The topological polar surface area (TPSA) is 12.9 Å². The van der Waals surface area contributed by atoms with Gasteiger partial charge in [-0.15, -0.1) is 22.7 Å². The zero-order chi connectivity index (χ0) is 9.71. The van der Waals surface area contributed by atoms with E-state index >= 15 is 0 Å². The van der Waals surface area contributed by atoms with E-state index in [9.17, 15) is 0 Å². The first-order valence-corrected chi connectivity index (χ1v) is 6.85. The van der Waals surface area contributed by atoms with Crippen LogP contribution in [0.3, 0.4) is 0 Å². The molecule has 3 heterocycles. The predicted octanol–water partition coefficient (Wildman–Crippen LogP) is 4.71. The van der Waals surface area contributed by atoms with Crippen LogP contribution in [0.15, 0.2) is 12.1 Å². The molecule has 3 aromatic heterocycles. The third-order valence-corrected chi connectivity index (χ3v) is 5.43. The largest absolute Gasteiger partial charge is 0.226 e. The molecule has 0 aliphatic carbocycles. The fourth-order valence-corrected chi connectivity index (χ4v) is 4.91. The molecule has 1 nitrogen and oxygen atoms in total. The van der Waals surface area contributed by atoms with Crippen LogP contribution in [0.5, 0.6) is 0 Å². The van der Waals surface area contributed by atoms with E-state index in [2.05, 4.69) is 30.7 Å². The Labute approximate surface area is 91.6 Å². The van der Waals surface area contributed by atoms with Crippen LogP contribution in [0.1, 0.15) is 9.75 Å². The minimum Gasteiger partial charge on any atom is -0.226 e. The van der Waals surface area contributed by atoms with Crippen LogP contribution in [0, 0.1) is 13.8 Å². The Morgan fingerprint density at radius 2 is 1.79 bits per heavy atom. The van der Waals surface area contributed by atoms with Crippen LogP contribution in [-0.2, 0) is 0 Å². The summed E-state index contributed by atoms with van der Waals surface area (Å²) in [7, 11) is 1.11. The molecule has 0 aliphatic heterocycles. The van der Waals surface area contributed by atoms with Crippen molar-refractivity contribution in [3.05, 3.63) is 21.9 Å². The maximum Gasteiger partial charge on any atom is 0.0877 e. The molecule has 70 valence electrons. The predicted molar refractivity (Wildman–Crippen MR) is 67.0 cm³/mol. The number of fused-ring (bicyclic) bond motifs is 3. The standard InChI is InChI=1S/C10H8NPS2/c1-5-3-7-9(13-5)10-8(12-11-7)4-6(2)14-10/h3-4H,1-2H3. The monoisotopic (exact) mass is 237 g/mol. The zero-order valence-electron chi connectivity index (χ0n) is 7.87. The van der Waals surface area contributed by atoms with Crippen molar-refractivity contribution in [2.24, 2.45) is 0 Å². The van der Waals surface area contributed by atoms with Gasteiger partial charge < -0.3 is 0 Å². The van der Waals surface area contributed by atoms with E-state index in [1.165, 1.54) is 29.8 Å². The molecule has 0 fully saturated rings. The van der Waals surface area contributed by atoms with Gasteiger partial charge in [0.2, 0.25) is 0 Å². The Bertz CT molecular complexity index is 568. The molecule has 0 aliphatic rings. The fraction of sp³-hybridized carbons (Fsp3) is 0.200. The van der Waals surface area contributed by atoms with Crippen LogP contribution in [-0.4, -0.2) is 4.75 Å². The molecule has 0 spiro atoms. The Balaban J connectivity index is 2.58. The average molecular weight is 237 g/mol. The second-order valence-corrected chi connectivity index (χ2v) is 6.74. The van der Waals surface area contributed by atoms with Gasteiger partial charge >= 0.3 is 0 Å². The average Bonchev–Trinajstić information content (AvgIpc) is 2.65. The van der Waals surface area contributed by atoms with Crippen molar-refractivity contribution in [1.29, 1.82) is 0 Å². The van der Waals surface area contributed by atoms with Gasteiger partial charge in [0.25, 0.3) is 0 Å². The number of hydrogen-bond acceptors (Lipinski definition) is 3. The quantitative estimate of drug-likeness (QED) is 0.552. The van der Waals surface area contributed by atoms with Crippen molar-refractivity contribution in [2.45, 2.75) is 13.8 Å². The van der Waals surface area contributed by atoms with Crippen molar-refractivity contribution < 1.29 is 0 Å². The van der Waals surface area contributed by atoms with Gasteiger partial charge in [-0.3, -0.25) is 0 Å². The molecular formula is C10H8NPS2. The number of aromatic nitrogens is 1. The van der Waals surface area contributed by atoms with Gasteiger partial charge in [-0.1, -0.05) is 0 Å². The summed E-state index contributed by atoms with van der Waals surface area (Å²) in [5.74, 6) is 0. The minimum atomic E-state index is 1.11. The molecule has 0 amide bonds. The highest BCUT2D eigenvalue weighted by Crippen LogP contribution is 2.38. The number of nitrogens with zero attached hydrogens (tertiary/aromatic N) is 1. The summed E-state index contributed by atoms with van der Waals surface area (Å²) in [6.45, 7) is 4.31. The van der Waals surface area contributed by atoms with E-state index in [4.69, 9.17) is 0 Å². The van der Waals surface area contributed by atoms with Gasteiger partial charge in [-0.25, -0.2) is 4.75 Å². The molecule has 3 aromatic rings. The first kappa shape index (κ1) is 8.78. The van der Waals surface area contributed by atoms with Crippen LogP contribution in [0.25, 0.3) is 20.0 Å². The molecule has 0 aromatic carbocycles. The Hall–Kier alpha value is -0.500. The van der Waals surface area contributed by atoms with Crippen molar-refractivity contribution in [3.63, 3.8) is 0 Å². The number of hydrogen-bond donors (Lipinski definition) is 0. The molecule has 4 heteroatoms. The van der Waals surface area contributed by atoms with Crippen LogP contribution < -0.4 is 0 Å². The summed E-state index contributed by atoms with van der Waals surface area (Å²) in [6, 6.07) is 4.44. The lowest BCUT2D eigenvalue weighted by molar-refractivity contribution is 1.61. The van der Waals surface area contributed by atoms with Gasteiger partial charge in [0.05, 0.1) is 14.9 Å². The molecule has 0 radical (unpaired) electrons. The van der Waals surface area contributed by atoms with E-state index in [1.54, 1.807) is 0 Å². The molecule has 3 rings (SSSR count). The van der Waals surface area contributed by atoms with E-state index in [-0.39, 0.29) is 0 Å². The molecular weight excluding hydrogens is 229 g/mol. The summed E-state index contributed by atoms with van der Waals surface area (Å²) in [5, 5.41) is 1.38. The van der Waals surface area contributed by atoms with E-state index < -0.39 is 0 Å². The second kappa shape index (κ2) is 2.99. The Kier molecular flexibility index (Phi) is 1.88. The van der Waals surface area contributed by atoms with Crippen LogP contribution in [0.2, 0.25) is 0 Å². The van der Waals surface area contributed by atoms with Gasteiger partial charge in [0.1, 0.15) is 0 Å². The van der Waals surface area contributed by atoms with Gasteiger partial charge in [0, 0.05) is 23.2 Å². The fourth-order valence-electron chi connectivity index (χ4n) is 1.58. The molecule has 0 unspecified atom stereocenters. The van der Waals surface area contributed by atoms with E-state index in [1.807, 2.05) is 22.7 Å². The highest BCUT2D eigenvalue weighted by atomic mass is 32.1. The van der Waals surface area contributed by atoms with Crippen LogP contribution in [0.4, 0.5) is 0 Å². The maximum atomic E-state index is 4.56. The lowest BCUT2D eigenvalue weighted by Gasteiger charge is -1.88. The highest BCUT2D eigenvalue weighted by molar-refractivity contribution is 7.38. The van der Waals surface area contributed by atoms with E-state index in [0.29, 0.717) is 0 Å². The second-order valence-electron chi connectivity index (χ2n) is 3.34. The molecule has 0 atom stereocenters.